The summed E-state index contributed by atoms with van der Waals surface area (Å²) >= 11 is 5.37. The summed E-state index contributed by atoms with van der Waals surface area (Å²) in [5.41, 5.74) is -1.37. The Kier molecular flexibility index (Phi) is 2.38. The average Bonchev–Trinajstić information content (AvgIpc) is 2.17. The number of hydrogen-bond acceptors (Lipinski definition) is 3. The van der Waals surface area contributed by atoms with Crippen LogP contribution in [0.3, 0.4) is 0 Å². The van der Waals surface area contributed by atoms with Crippen molar-refractivity contribution in [3.63, 3.8) is 0 Å². The van der Waals surface area contributed by atoms with E-state index in [1.54, 1.807) is 0 Å². The lowest BCUT2D eigenvalue weighted by molar-refractivity contribution is -0.139. The number of nitrogens with zero attached hydrogens (tertiary/aromatic N) is 2. The van der Waals surface area contributed by atoms with Crippen LogP contribution in [0, 0.1) is 0 Å². The number of benzene rings is 1. The van der Waals surface area contributed by atoms with Crippen LogP contribution in [0.5, 0.6) is 5.75 Å². The Labute approximate surface area is 92.5 Å². The number of fused-ring (bicyclic) bond motifs is 1. The minimum Gasteiger partial charge on any atom is -0.506 e. The Morgan fingerprint density at radius 2 is 1.88 bits per heavy atom. The number of aromatic hydroxyl groups is 1. The van der Waals surface area contributed by atoms with Crippen molar-refractivity contribution in [1.29, 1.82) is 0 Å². The van der Waals surface area contributed by atoms with Gasteiger partial charge in [-0.2, -0.15) is 13.2 Å². The van der Waals surface area contributed by atoms with Crippen LogP contribution in [0.4, 0.5) is 13.2 Å². The highest BCUT2D eigenvalue weighted by molar-refractivity contribution is 6.28. The summed E-state index contributed by atoms with van der Waals surface area (Å²) in [4.78, 5) is 6.69. The number of rotatable bonds is 0. The van der Waals surface area contributed by atoms with Crippen LogP contribution < -0.4 is 0 Å². The predicted molar refractivity (Wildman–Crippen MR) is 51.2 cm³/mol. The monoisotopic (exact) mass is 248 g/mol. The lowest BCUT2D eigenvalue weighted by Gasteiger charge is -2.09. The fraction of sp³-hybridized carbons (Fsp3) is 0.111. The number of hydrogen-bond donors (Lipinski definition) is 1. The standard InChI is InChI=1S/C9H4ClF3N2O/c10-8-14-6-4(2-1-3-5(6)16)7(15-8)9(11,12)13/h1-3,16H. The average molecular weight is 249 g/mol. The van der Waals surface area contributed by atoms with E-state index in [9.17, 15) is 18.3 Å². The van der Waals surface area contributed by atoms with Crippen LogP contribution in [0.25, 0.3) is 10.9 Å². The first-order valence-corrected chi connectivity index (χ1v) is 4.50. The number of alkyl halides is 3. The van der Waals surface area contributed by atoms with Crippen molar-refractivity contribution in [1.82, 2.24) is 9.97 Å². The molecule has 0 unspecified atom stereocenters. The smallest absolute Gasteiger partial charge is 0.434 e. The van der Waals surface area contributed by atoms with Gasteiger partial charge in [0, 0.05) is 5.39 Å². The predicted octanol–water partition coefficient (Wildman–Crippen LogP) is 3.01. The number of phenolic OH excluding ortho intramolecular Hbond substituents is 1. The number of para-hydroxylation sites is 1. The number of phenols is 1. The molecule has 0 saturated heterocycles. The summed E-state index contributed by atoms with van der Waals surface area (Å²) in [6, 6.07) is 3.68. The van der Waals surface area contributed by atoms with Gasteiger partial charge in [0.1, 0.15) is 11.3 Å². The zero-order chi connectivity index (χ0) is 11.9. The van der Waals surface area contributed by atoms with Crippen LogP contribution in [0.15, 0.2) is 18.2 Å². The van der Waals surface area contributed by atoms with Gasteiger partial charge in [-0.3, -0.25) is 0 Å². The van der Waals surface area contributed by atoms with E-state index in [2.05, 4.69) is 9.97 Å². The van der Waals surface area contributed by atoms with Crippen LogP contribution in [-0.4, -0.2) is 15.1 Å². The van der Waals surface area contributed by atoms with E-state index in [1.807, 2.05) is 0 Å². The van der Waals surface area contributed by atoms with Crippen molar-refractivity contribution < 1.29 is 18.3 Å². The van der Waals surface area contributed by atoms with E-state index in [0.717, 1.165) is 0 Å². The lowest BCUT2D eigenvalue weighted by Crippen LogP contribution is -2.09. The van der Waals surface area contributed by atoms with E-state index in [1.165, 1.54) is 18.2 Å². The molecule has 0 aliphatic heterocycles. The Balaban J connectivity index is 2.89. The molecule has 3 nitrogen and oxygen atoms in total. The molecule has 0 amide bonds. The SMILES string of the molecule is Oc1cccc2c(C(F)(F)F)nc(Cl)nc12. The molecule has 0 atom stereocenters. The van der Waals surface area contributed by atoms with Crippen molar-refractivity contribution in [2.45, 2.75) is 6.18 Å². The van der Waals surface area contributed by atoms with E-state index in [-0.39, 0.29) is 16.7 Å². The molecule has 7 heteroatoms. The summed E-state index contributed by atoms with van der Waals surface area (Å²) < 4.78 is 37.8. The molecular weight excluding hydrogens is 245 g/mol. The molecule has 0 saturated carbocycles. The quantitative estimate of drug-likeness (QED) is 0.729. The second-order valence-electron chi connectivity index (χ2n) is 3.01. The van der Waals surface area contributed by atoms with Gasteiger partial charge >= 0.3 is 6.18 Å². The Morgan fingerprint density at radius 1 is 1.19 bits per heavy atom. The first kappa shape index (κ1) is 10.9. The van der Waals surface area contributed by atoms with Gasteiger partial charge in [-0.25, -0.2) is 9.97 Å². The zero-order valence-corrected chi connectivity index (χ0v) is 8.34. The van der Waals surface area contributed by atoms with Gasteiger partial charge in [-0.1, -0.05) is 12.1 Å². The highest BCUT2D eigenvalue weighted by Crippen LogP contribution is 2.35. The second kappa shape index (κ2) is 3.48. The van der Waals surface area contributed by atoms with E-state index >= 15 is 0 Å². The maximum absolute atomic E-state index is 12.6. The zero-order valence-electron chi connectivity index (χ0n) is 7.59. The van der Waals surface area contributed by atoms with Gasteiger partial charge in [0.25, 0.3) is 0 Å². The van der Waals surface area contributed by atoms with Crippen molar-refractivity contribution in [3.8, 4) is 5.75 Å². The molecule has 0 radical (unpaired) electrons. The van der Waals surface area contributed by atoms with Crippen molar-refractivity contribution in [2.75, 3.05) is 0 Å². The molecule has 2 rings (SSSR count). The molecule has 2 aromatic rings. The van der Waals surface area contributed by atoms with Gasteiger partial charge in [-0.15, -0.1) is 0 Å². The molecule has 0 spiro atoms. The molecule has 16 heavy (non-hydrogen) atoms. The number of aromatic nitrogens is 2. The summed E-state index contributed by atoms with van der Waals surface area (Å²) in [5.74, 6) is -0.368. The third kappa shape index (κ3) is 1.76. The van der Waals surface area contributed by atoms with Crippen molar-refractivity contribution in [2.24, 2.45) is 0 Å². The minimum atomic E-state index is -4.64. The fourth-order valence-electron chi connectivity index (χ4n) is 1.33. The lowest BCUT2D eigenvalue weighted by atomic mass is 10.1. The van der Waals surface area contributed by atoms with Gasteiger partial charge in [-0.05, 0) is 17.7 Å². The maximum Gasteiger partial charge on any atom is 0.434 e. The summed E-state index contributed by atoms with van der Waals surface area (Å²) in [6.45, 7) is 0. The highest BCUT2D eigenvalue weighted by Gasteiger charge is 2.35. The molecule has 1 aromatic carbocycles. The van der Waals surface area contributed by atoms with Crippen LogP contribution in [0.2, 0.25) is 5.28 Å². The molecule has 0 aliphatic rings. The Hall–Kier alpha value is -1.56. The maximum atomic E-state index is 12.6. The van der Waals surface area contributed by atoms with E-state index in [0.29, 0.717) is 0 Å². The molecule has 0 fully saturated rings. The largest absolute Gasteiger partial charge is 0.506 e. The second-order valence-corrected chi connectivity index (χ2v) is 3.35. The third-order valence-corrected chi connectivity index (χ3v) is 2.12. The topological polar surface area (TPSA) is 46.0 Å². The summed E-state index contributed by atoms with van der Waals surface area (Å²) in [6.07, 6.45) is -4.64. The van der Waals surface area contributed by atoms with Gasteiger partial charge in [0.15, 0.2) is 5.69 Å². The minimum absolute atomic E-state index is 0.213. The Bertz CT molecular complexity index is 556. The van der Waals surface area contributed by atoms with Crippen LogP contribution in [-0.2, 0) is 6.18 Å². The third-order valence-electron chi connectivity index (χ3n) is 1.95. The first-order chi connectivity index (χ1) is 7.39. The van der Waals surface area contributed by atoms with E-state index in [4.69, 9.17) is 11.6 Å². The summed E-state index contributed by atoms with van der Waals surface area (Å²) in [5, 5.41) is 8.53. The Morgan fingerprint density at radius 3 is 2.50 bits per heavy atom. The molecule has 0 bridgehead atoms. The fourth-order valence-corrected chi connectivity index (χ4v) is 1.49. The molecular formula is C9H4ClF3N2O. The molecule has 84 valence electrons. The van der Waals surface area contributed by atoms with Gasteiger partial charge in [0.2, 0.25) is 5.28 Å². The number of halogens is 4. The van der Waals surface area contributed by atoms with Gasteiger partial charge < -0.3 is 5.11 Å². The normalized spacial score (nSPS) is 12.0. The molecule has 1 N–H and O–H groups in total. The van der Waals surface area contributed by atoms with Gasteiger partial charge in [0.05, 0.1) is 0 Å². The van der Waals surface area contributed by atoms with Crippen molar-refractivity contribution in [3.05, 3.63) is 29.2 Å². The molecule has 0 aliphatic carbocycles. The molecule has 1 heterocycles. The van der Waals surface area contributed by atoms with Crippen LogP contribution in [0.1, 0.15) is 5.69 Å². The first-order valence-electron chi connectivity index (χ1n) is 4.12. The van der Waals surface area contributed by atoms with E-state index < -0.39 is 17.2 Å². The van der Waals surface area contributed by atoms with Crippen molar-refractivity contribution >= 4 is 22.5 Å². The highest BCUT2D eigenvalue weighted by atomic mass is 35.5. The molecule has 1 aromatic heterocycles. The van der Waals surface area contributed by atoms with Crippen LogP contribution >= 0.6 is 11.6 Å². The summed E-state index contributed by atoms with van der Waals surface area (Å²) in [7, 11) is 0.